The van der Waals surface area contributed by atoms with Gasteiger partial charge in [-0.1, -0.05) is 5.16 Å². The molecular weight excluding hydrogens is 198 g/mol. The van der Waals surface area contributed by atoms with E-state index in [-0.39, 0.29) is 18.3 Å². The minimum Gasteiger partial charge on any atom is -0.382 e. The fourth-order valence-electron chi connectivity index (χ4n) is 0.990. The lowest BCUT2D eigenvalue weighted by molar-refractivity contribution is 0.141. The molecule has 1 atom stereocenters. The molecule has 2 heterocycles. The van der Waals surface area contributed by atoms with Crippen molar-refractivity contribution in [2.75, 3.05) is 6.54 Å². The third kappa shape index (κ3) is 1.97. The lowest BCUT2D eigenvalue weighted by Crippen LogP contribution is -2.11. The largest absolute Gasteiger partial charge is 0.382 e. The third-order valence-electron chi connectivity index (χ3n) is 1.74. The number of aromatic nitrogens is 4. The molecule has 0 amide bonds. The molecule has 0 aromatic carbocycles. The van der Waals surface area contributed by atoms with Crippen molar-refractivity contribution >= 4 is 0 Å². The monoisotopic (exact) mass is 207 g/mol. The van der Waals surface area contributed by atoms with Crippen molar-refractivity contribution < 1.29 is 9.63 Å². The number of aliphatic hydroxyl groups excluding tert-OH is 1. The van der Waals surface area contributed by atoms with Gasteiger partial charge in [-0.3, -0.25) is 4.98 Å². The Kier molecular flexibility index (Phi) is 2.66. The lowest BCUT2D eigenvalue weighted by atomic mass is 10.3. The van der Waals surface area contributed by atoms with E-state index in [4.69, 9.17) is 10.3 Å². The van der Waals surface area contributed by atoms with Crippen LogP contribution in [0.2, 0.25) is 0 Å². The molecule has 0 fully saturated rings. The van der Waals surface area contributed by atoms with Crippen molar-refractivity contribution in [2.45, 2.75) is 6.10 Å². The number of nitrogens with zero attached hydrogens (tertiary/aromatic N) is 4. The summed E-state index contributed by atoms with van der Waals surface area (Å²) in [6.45, 7) is 0.0299. The lowest BCUT2D eigenvalue weighted by Gasteiger charge is -1.97. The topological polar surface area (TPSA) is 111 Å². The maximum atomic E-state index is 9.33. The molecule has 0 saturated heterocycles. The predicted octanol–water partition coefficient (Wildman–Crippen LogP) is -0.481. The van der Waals surface area contributed by atoms with E-state index in [9.17, 15) is 5.11 Å². The average molecular weight is 207 g/mol. The highest BCUT2D eigenvalue weighted by molar-refractivity contribution is 5.45. The number of nitrogens with two attached hydrogens (primary N) is 1. The molecule has 0 radical (unpaired) electrons. The second-order valence-electron chi connectivity index (χ2n) is 2.80. The number of aliphatic hydroxyl groups is 1. The van der Waals surface area contributed by atoms with Gasteiger partial charge in [0.05, 0.1) is 6.20 Å². The molecular formula is C8H9N5O2. The van der Waals surface area contributed by atoms with E-state index in [0.29, 0.717) is 5.69 Å². The van der Waals surface area contributed by atoms with Crippen molar-refractivity contribution in [1.82, 2.24) is 20.1 Å². The molecule has 0 aliphatic heterocycles. The van der Waals surface area contributed by atoms with Gasteiger partial charge in [0.25, 0.3) is 5.89 Å². The van der Waals surface area contributed by atoms with E-state index in [1.54, 1.807) is 6.20 Å². The first kappa shape index (κ1) is 9.69. The highest BCUT2D eigenvalue weighted by atomic mass is 16.5. The van der Waals surface area contributed by atoms with Crippen molar-refractivity contribution in [3.05, 3.63) is 24.5 Å². The molecule has 7 nitrogen and oxygen atoms in total. The molecule has 0 saturated carbocycles. The Bertz CT molecular complexity index is 430. The quantitative estimate of drug-likeness (QED) is 0.699. The van der Waals surface area contributed by atoms with Gasteiger partial charge in [0.1, 0.15) is 11.8 Å². The summed E-state index contributed by atoms with van der Waals surface area (Å²) in [6, 6.07) is 0. The van der Waals surface area contributed by atoms with Crippen LogP contribution in [0.5, 0.6) is 0 Å². The summed E-state index contributed by atoms with van der Waals surface area (Å²) < 4.78 is 4.81. The van der Waals surface area contributed by atoms with Gasteiger partial charge in [0.2, 0.25) is 5.82 Å². The second kappa shape index (κ2) is 4.11. The first-order valence-electron chi connectivity index (χ1n) is 4.29. The maximum absolute atomic E-state index is 9.33. The summed E-state index contributed by atoms with van der Waals surface area (Å²) in [6.07, 6.45) is 3.62. The summed E-state index contributed by atoms with van der Waals surface area (Å²) in [4.78, 5) is 11.8. The van der Waals surface area contributed by atoms with Gasteiger partial charge in [-0.15, -0.1) is 0 Å². The predicted molar refractivity (Wildman–Crippen MR) is 49.3 cm³/mol. The smallest absolute Gasteiger partial charge is 0.257 e. The summed E-state index contributed by atoms with van der Waals surface area (Å²) in [7, 11) is 0. The molecule has 0 aliphatic carbocycles. The number of hydrogen-bond acceptors (Lipinski definition) is 7. The van der Waals surface area contributed by atoms with Crippen LogP contribution in [0.25, 0.3) is 11.5 Å². The van der Waals surface area contributed by atoms with E-state index < -0.39 is 6.10 Å². The van der Waals surface area contributed by atoms with E-state index in [2.05, 4.69) is 20.1 Å². The Hall–Kier alpha value is -1.86. The van der Waals surface area contributed by atoms with Crippen LogP contribution in [0.1, 0.15) is 12.0 Å². The van der Waals surface area contributed by atoms with Gasteiger partial charge in [-0.2, -0.15) is 4.98 Å². The van der Waals surface area contributed by atoms with Crippen molar-refractivity contribution in [3.8, 4) is 11.5 Å². The molecule has 0 spiro atoms. The normalized spacial score (nSPS) is 12.7. The number of rotatable bonds is 3. The van der Waals surface area contributed by atoms with Crippen LogP contribution in [0.3, 0.4) is 0 Å². The zero-order valence-corrected chi connectivity index (χ0v) is 7.74. The fourth-order valence-corrected chi connectivity index (χ4v) is 0.990. The van der Waals surface area contributed by atoms with Gasteiger partial charge >= 0.3 is 0 Å². The molecule has 2 rings (SSSR count). The van der Waals surface area contributed by atoms with Crippen LogP contribution < -0.4 is 5.73 Å². The van der Waals surface area contributed by atoms with E-state index in [1.807, 2.05) is 0 Å². The Balaban J connectivity index is 2.28. The minimum atomic E-state index is -0.942. The molecule has 0 aliphatic rings. The van der Waals surface area contributed by atoms with Crippen molar-refractivity contribution in [1.29, 1.82) is 0 Å². The van der Waals surface area contributed by atoms with Crippen molar-refractivity contribution in [2.24, 2.45) is 5.73 Å². The molecule has 78 valence electrons. The van der Waals surface area contributed by atoms with Gasteiger partial charge in [-0.25, -0.2) is 4.98 Å². The molecule has 15 heavy (non-hydrogen) atoms. The SMILES string of the molecule is NC[C@H](O)c1nc(-c2cnccn2)no1. The maximum Gasteiger partial charge on any atom is 0.257 e. The summed E-state index contributed by atoms with van der Waals surface area (Å²) in [5.41, 5.74) is 5.73. The molecule has 2 aromatic heterocycles. The standard InChI is InChI=1S/C8H9N5O2/c9-3-6(14)8-12-7(13-15-8)5-4-10-1-2-11-5/h1-2,4,6,14H,3,9H2/t6-/m0/s1. The Labute approximate surface area is 85.0 Å². The summed E-state index contributed by atoms with van der Waals surface area (Å²) in [5, 5.41) is 13.0. The van der Waals surface area contributed by atoms with Crippen LogP contribution in [0.4, 0.5) is 0 Å². The Morgan fingerprint density at radius 3 is 3.00 bits per heavy atom. The van der Waals surface area contributed by atoms with Gasteiger partial charge in [0, 0.05) is 18.9 Å². The first-order chi connectivity index (χ1) is 7.31. The third-order valence-corrected chi connectivity index (χ3v) is 1.74. The molecule has 0 unspecified atom stereocenters. The average Bonchev–Trinajstić information content (AvgIpc) is 2.78. The van der Waals surface area contributed by atoms with Gasteiger partial charge in [-0.05, 0) is 0 Å². The van der Waals surface area contributed by atoms with Gasteiger partial charge in [0.15, 0.2) is 0 Å². The van der Waals surface area contributed by atoms with E-state index >= 15 is 0 Å². The molecule has 7 heteroatoms. The summed E-state index contributed by atoms with van der Waals surface area (Å²) in [5.74, 6) is 0.365. The van der Waals surface area contributed by atoms with Crippen LogP contribution in [0, 0.1) is 0 Å². The second-order valence-corrected chi connectivity index (χ2v) is 2.80. The van der Waals surface area contributed by atoms with Crippen molar-refractivity contribution in [3.63, 3.8) is 0 Å². The first-order valence-corrected chi connectivity index (χ1v) is 4.29. The van der Waals surface area contributed by atoms with Crippen LogP contribution in [-0.2, 0) is 0 Å². The molecule has 2 aromatic rings. The molecule has 3 N–H and O–H groups in total. The molecule has 0 bridgehead atoms. The Morgan fingerprint density at radius 2 is 2.33 bits per heavy atom. The zero-order valence-electron chi connectivity index (χ0n) is 7.74. The van der Waals surface area contributed by atoms with Crippen LogP contribution in [0.15, 0.2) is 23.1 Å². The van der Waals surface area contributed by atoms with E-state index in [0.717, 1.165) is 0 Å². The number of hydrogen-bond donors (Lipinski definition) is 2. The minimum absolute atomic E-state index is 0.0299. The van der Waals surface area contributed by atoms with Gasteiger partial charge < -0.3 is 15.4 Å². The van der Waals surface area contributed by atoms with Crippen LogP contribution in [-0.4, -0.2) is 31.8 Å². The zero-order chi connectivity index (χ0) is 10.7. The Morgan fingerprint density at radius 1 is 1.47 bits per heavy atom. The summed E-state index contributed by atoms with van der Waals surface area (Å²) >= 11 is 0. The highest BCUT2D eigenvalue weighted by Crippen LogP contribution is 2.14. The van der Waals surface area contributed by atoms with E-state index in [1.165, 1.54) is 12.4 Å². The highest BCUT2D eigenvalue weighted by Gasteiger charge is 2.15. The van der Waals surface area contributed by atoms with Crippen LogP contribution >= 0.6 is 0 Å². The fraction of sp³-hybridized carbons (Fsp3) is 0.250.